The summed E-state index contributed by atoms with van der Waals surface area (Å²) < 4.78 is 4.49. The number of alkyl carbamates (subject to hydrolysis) is 1. The summed E-state index contributed by atoms with van der Waals surface area (Å²) in [7, 11) is 0. The fourth-order valence-electron chi connectivity index (χ4n) is 0.649. The van der Waals surface area contributed by atoms with Gasteiger partial charge in [-0.05, 0) is 0 Å². The van der Waals surface area contributed by atoms with E-state index in [0.717, 1.165) is 0 Å². The Morgan fingerprint density at radius 1 is 1.57 bits per heavy atom. The van der Waals surface area contributed by atoms with Gasteiger partial charge in [-0.25, -0.2) is 4.79 Å². The molecule has 0 heterocycles. The van der Waals surface area contributed by atoms with Gasteiger partial charge in [-0.3, -0.25) is 4.79 Å². The summed E-state index contributed by atoms with van der Waals surface area (Å²) in [5.74, 6) is -1.17. The number of nitrogens with one attached hydrogen (secondary N) is 1. The molecule has 0 bridgehead atoms. The number of hydrogen-bond acceptors (Lipinski definition) is 4. The minimum Gasteiger partial charge on any atom is -0.481 e. The van der Waals surface area contributed by atoms with E-state index >= 15 is 0 Å². The number of aldehydes is 1. The van der Waals surface area contributed by atoms with Gasteiger partial charge < -0.3 is 20.0 Å². The minimum absolute atomic E-state index is 0.00445. The van der Waals surface area contributed by atoms with Crippen LogP contribution in [0.4, 0.5) is 4.79 Å². The van der Waals surface area contributed by atoms with Crippen LogP contribution in [0.1, 0.15) is 6.42 Å². The molecule has 0 aliphatic rings. The van der Waals surface area contributed by atoms with Crippen LogP contribution in [0, 0.1) is 0 Å². The van der Waals surface area contributed by atoms with Gasteiger partial charge in [-0.2, -0.15) is 0 Å². The number of carbonyl (C=O) groups excluding carboxylic acids is 2. The van der Waals surface area contributed by atoms with Crippen molar-refractivity contribution in [1.82, 2.24) is 5.32 Å². The van der Waals surface area contributed by atoms with E-state index in [0.29, 0.717) is 6.29 Å². The van der Waals surface area contributed by atoms with Gasteiger partial charge in [0.25, 0.3) is 0 Å². The molecule has 1 amide bonds. The van der Waals surface area contributed by atoms with Crippen LogP contribution in [-0.4, -0.2) is 36.1 Å². The van der Waals surface area contributed by atoms with Crippen LogP contribution in [0.25, 0.3) is 0 Å². The number of carbonyl (C=O) groups is 3. The SMILES string of the molecule is C=CCOC(=O)N[C@H](C=O)CC(=O)O. The van der Waals surface area contributed by atoms with E-state index in [1.165, 1.54) is 6.08 Å². The Morgan fingerprint density at radius 2 is 2.21 bits per heavy atom. The molecule has 0 aromatic carbocycles. The molecule has 78 valence electrons. The first kappa shape index (κ1) is 12.2. The smallest absolute Gasteiger partial charge is 0.408 e. The molecule has 0 unspecified atom stereocenters. The summed E-state index contributed by atoms with van der Waals surface area (Å²) in [5, 5.41) is 10.4. The quantitative estimate of drug-likeness (QED) is 0.464. The van der Waals surface area contributed by atoms with Crippen LogP contribution in [-0.2, 0) is 14.3 Å². The average molecular weight is 201 g/mol. The van der Waals surface area contributed by atoms with E-state index < -0.39 is 24.5 Å². The number of ether oxygens (including phenoxy) is 1. The molecular formula is C8H11NO5. The van der Waals surface area contributed by atoms with Crippen molar-refractivity contribution in [2.75, 3.05) is 6.61 Å². The molecule has 0 aromatic heterocycles. The van der Waals surface area contributed by atoms with Crippen LogP contribution >= 0.6 is 0 Å². The molecule has 1 atom stereocenters. The molecular weight excluding hydrogens is 190 g/mol. The standard InChI is InChI=1S/C8H11NO5/c1-2-3-14-8(13)9-6(5-10)4-7(11)12/h2,5-6H,1,3-4H2,(H,9,13)(H,11,12)/t6-/m0/s1. The largest absolute Gasteiger partial charge is 0.481 e. The van der Waals surface area contributed by atoms with Crippen LogP contribution < -0.4 is 5.32 Å². The van der Waals surface area contributed by atoms with Gasteiger partial charge in [-0.15, -0.1) is 0 Å². The Balaban J connectivity index is 3.91. The summed E-state index contributed by atoms with van der Waals surface area (Å²) in [6.07, 6.45) is 0.381. The Kier molecular flexibility index (Phi) is 5.77. The first-order chi connectivity index (χ1) is 6.60. The average Bonchev–Trinajstić information content (AvgIpc) is 2.12. The van der Waals surface area contributed by atoms with E-state index in [1.54, 1.807) is 0 Å². The van der Waals surface area contributed by atoms with Gasteiger partial charge in [0.2, 0.25) is 0 Å². The van der Waals surface area contributed by atoms with E-state index in [-0.39, 0.29) is 6.61 Å². The van der Waals surface area contributed by atoms with Crippen molar-refractivity contribution in [3.05, 3.63) is 12.7 Å². The monoisotopic (exact) mass is 201 g/mol. The van der Waals surface area contributed by atoms with Gasteiger partial charge >= 0.3 is 12.1 Å². The van der Waals surface area contributed by atoms with E-state index in [1.807, 2.05) is 0 Å². The number of carboxylic acids is 1. The lowest BCUT2D eigenvalue weighted by molar-refractivity contribution is -0.138. The fraction of sp³-hybridized carbons (Fsp3) is 0.375. The zero-order valence-corrected chi connectivity index (χ0v) is 7.43. The predicted octanol–water partition coefficient (Wildman–Crippen LogP) is -0.0592. The van der Waals surface area contributed by atoms with Crippen LogP contribution in [0.5, 0.6) is 0 Å². The Bertz CT molecular complexity index is 238. The Morgan fingerprint density at radius 3 is 2.64 bits per heavy atom. The van der Waals surface area contributed by atoms with Crippen molar-refractivity contribution >= 4 is 18.3 Å². The fourth-order valence-corrected chi connectivity index (χ4v) is 0.649. The molecule has 6 nitrogen and oxygen atoms in total. The highest BCUT2D eigenvalue weighted by molar-refractivity contribution is 5.78. The van der Waals surface area contributed by atoms with Gasteiger partial charge in [0.15, 0.2) is 0 Å². The molecule has 0 rings (SSSR count). The van der Waals surface area contributed by atoms with Crippen molar-refractivity contribution < 1.29 is 24.2 Å². The topological polar surface area (TPSA) is 92.7 Å². The summed E-state index contributed by atoms with van der Waals surface area (Å²) in [6, 6.07) is -1.06. The van der Waals surface area contributed by atoms with Gasteiger partial charge in [0.05, 0.1) is 12.5 Å². The third-order valence-electron chi connectivity index (χ3n) is 1.19. The third kappa shape index (κ3) is 5.76. The van der Waals surface area contributed by atoms with E-state index in [9.17, 15) is 14.4 Å². The molecule has 14 heavy (non-hydrogen) atoms. The number of hydrogen-bond donors (Lipinski definition) is 2. The van der Waals surface area contributed by atoms with Crippen LogP contribution in [0.3, 0.4) is 0 Å². The highest BCUT2D eigenvalue weighted by Gasteiger charge is 2.15. The lowest BCUT2D eigenvalue weighted by Gasteiger charge is -2.09. The first-order valence-electron chi connectivity index (χ1n) is 3.81. The third-order valence-corrected chi connectivity index (χ3v) is 1.19. The van der Waals surface area contributed by atoms with Gasteiger partial charge in [-0.1, -0.05) is 12.7 Å². The van der Waals surface area contributed by atoms with Crippen molar-refractivity contribution in [2.45, 2.75) is 12.5 Å². The normalized spacial score (nSPS) is 11.1. The summed E-state index contributed by atoms with van der Waals surface area (Å²) in [4.78, 5) is 31.3. The number of amides is 1. The second-order valence-electron chi connectivity index (χ2n) is 2.37. The molecule has 0 aliphatic heterocycles. The zero-order valence-electron chi connectivity index (χ0n) is 7.43. The molecule has 2 N–H and O–H groups in total. The van der Waals surface area contributed by atoms with Crippen LogP contribution in [0.2, 0.25) is 0 Å². The maximum atomic E-state index is 10.8. The molecule has 0 saturated carbocycles. The molecule has 0 radical (unpaired) electrons. The summed E-state index contributed by atoms with van der Waals surface area (Å²) in [5.41, 5.74) is 0. The molecule has 0 spiro atoms. The predicted molar refractivity (Wildman–Crippen MR) is 46.8 cm³/mol. The molecule has 0 saturated heterocycles. The maximum Gasteiger partial charge on any atom is 0.408 e. The second kappa shape index (κ2) is 6.64. The van der Waals surface area contributed by atoms with Crippen molar-refractivity contribution in [3.63, 3.8) is 0 Å². The Hall–Kier alpha value is -1.85. The highest BCUT2D eigenvalue weighted by atomic mass is 16.5. The lowest BCUT2D eigenvalue weighted by Crippen LogP contribution is -2.37. The second-order valence-corrected chi connectivity index (χ2v) is 2.37. The van der Waals surface area contributed by atoms with E-state index in [4.69, 9.17) is 5.11 Å². The summed E-state index contributed by atoms with van der Waals surface area (Å²) in [6.45, 7) is 3.32. The minimum atomic E-state index is -1.17. The lowest BCUT2D eigenvalue weighted by atomic mass is 10.2. The summed E-state index contributed by atoms with van der Waals surface area (Å²) >= 11 is 0. The number of rotatable bonds is 6. The molecule has 0 fully saturated rings. The van der Waals surface area contributed by atoms with Crippen molar-refractivity contribution in [2.24, 2.45) is 0 Å². The Labute approximate surface area is 80.5 Å². The maximum absolute atomic E-state index is 10.8. The van der Waals surface area contributed by atoms with Crippen LogP contribution in [0.15, 0.2) is 12.7 Å². The number of carboxylic acid groups (broad SMARTS) is 1. The molecule has 6 heteroatoms. The number of aliphatic carboxylic acids is 1. The highest BCUT2D eigenvalue weighted by Crippen LogP contribution is 1.89. The van der Waals surface area contributed by atoms with E-state index in [2.05, 4.69) is 16.6 Å². The van der Waals surface area contributed by atoms with Crippen molar-refractivity contribution in [1.29, 1.82) is 0 Å². The molecule has 0 aliphatic carbocycles. The molecule has 0 aromatic rings. The van der Waals surface area contributed by atoms with Crippen molar-refractivity contribution in [3.8, 4) is 0 Å². The first-order valence-corrected chi connectivity index (χ1v) is 3.81. The van der Waals surface area contributed by atoms with Gasteiger partial charge in [0, 0.05) is 0 Å². The zero-order chi connectivity index (χ0) is 11.0. The van der Waals surface area contributed by atoms with Gasteiger partial charge in [0.1, 0.15) is 12.9 Å².